The Morgan fingerprint density at radius 2 is 1.55 bits per heavy atom. The molecule has 4 rings (SSSR count). The molecule has 0 aromatic heterocycles. The Bertz CT molecular complexity index is 1130. The van der Waals surface area contributed by atoms with Crippen LogP contribution in [0.25, 0.3) is 0 Å². The number of aliphatic imine (C=N–C) groups is 1. The van der Waals surface area contributed by atoms with Crippen LogP contribution in [-0.4, -0.2) is 23.7 Å². The summed E-state index contributed by atoms with van der Waals surface area (Å²) in [6.45, 7) is 1.44. The Balaban J connectivity index is 1.62. The number of carbonyl (C=O) groups is 2. The van der Waals surface area contributed by atoms with E-state index in [1.807, 2.05) is 60.7 Å². The minimum Gasteiger partial charge on any atom is -0.326 e. The van der Waals surface area contributed by atoms with E-state index in [0.717, 1.165) is 0 Å². The van der Waals surface area contributed by atoms with Gasteiger partial charge in [-0.2, -0.15) is 10.2 Å². The standard InChI is InChI=1S/C23H20N6O2/c1-16(30)24-18-12-14-19(15-13-18)26-27-21-22(25-17-8-4-2-5-9-17)28-29(23(21)31)20-10-6-3-7-11-20/h2-15,21H,1H3,(H,24,30)(H,25,28). The maximum absolute atomic E-state index is 13.1. The van der Waals surface area contributed by atoms with E-state index in [2.05, 4.69) is 26.0 Å². The molecule has 1 aliphatic rings. The molecular weight excluding hydrogens is 392 g/mol. The third-order valence-corrected chi connectivity index (χ3v) is 4.44. The van der Waals surface area contributed by atoms with E-state index in [0.29, 0.717) is 28.6 Å². The van der Waals surface area contributed by atoms with E-state index < -0.39 is 6.04 Å². The van der Waals surface area contributed by atoms with Crippen molar-refractivity contribution < 1.29 is 9.59 Å². The minimum atomic E-state index is -0.907. The van der Waals surface area contributed by atoms with Gasteiger partial charge >= 0.3 is 0 Å². The van der Waals surface area contributed by atoms with Crippen LogP contribution in [0.15, 0.2) is 100 Å². The minimum absolute atomic E-state index is 0.153. The largest absolute Gasteiger partial charge is 0.326 e. The Morgan fingerprint density at radius 1 is 0.903 bits per heavy atom. The molecule has 1 saturated heterocycles. The number of hydrazine groups is 1. The SMILES string of the molecule is CC(=O)Nc1ccc(N=NC2C(=O)N(c3ccccc3)NC2=Nc2ccccc2)cc1. The number of hydrogen-bond donors (Lipinski definition) is 2. The molecule has 8 heteroatoms. The number of azo groups is 1. The molecule has 3 aromatic rings. The molecule has 0 aliphatic carbocycles. The van der Waals surface area contributed by atoms with Crippen molar-refractivity contribution in [2.45, 2.75) is 13.0 Å². The number of nitrogens with one attached hydrogen (secondary N) is 2. The van der Waals surface area contributed by atoms with Gasteiger partial charge in [-0.15, -0.1) is 0 Å². The van der Waals surface area contributed by atoms with Crippen LogP contribution in [-0.2, 0) is 9.59 Å². The van der Waals surface area contributed by atoms with Crippen LogP contribution in [0, 0.1) is 0 Å². The number of anilines is 2. The first-order chi connectivity index (χ1) is 15.1. The highest BCUT2D eigenvalue weighted by atomic mass is 16.2. The van der Waals surface area contributed by atoms with Crippen LogP contribution in [0.5, 0.6) is 0 Å². The summed E-state index contributed by atoms with van der Waals surface area (Å²) in [6, 6.07) is 24.5. The van der Waals surface area contributed by atoms with Crippen molar-refractivity contribution in [3.63, 3.8) is 0 Å². The van der Waals surface area contributed by atoms with Gasteiger partial charge in [0.1, 0.15) is 0 Å². The highest BCUT2D eigenvalue weighted by Gasteiger charge is 2.38. The van der Waals surface area contributed by atoms with E-state index in [-0.39, 0.29) is 11.8 Å². The fraction of sp³-hybridized carbons (Fsp3) is 0.0870. The van der Waals surface area contributed by atoms with Crippen LogP contribution in [0.3, 0.4) is 0 Å². The van der Waals surface area contributed by atoms with Crippen LogP contribution in [0.4, 0.5) is 22.7 Å². The van der Waals surface area contributed by atoms with Crippen LogP contribution < -0.4 is 15.8 Å². The van der Waals surface area contributed by atoms with Gasteiger partial charge in [0, 0.05) is 12.6 Å². The number of hydrogen-bond acceptors (Lipinski definition) is 5. The zero-order valence-electron chi connectivity index (χ0n) is 16.8. The van der Waals surface area contributed by atoms with Crippen LogP contribution in [0.2, 0.25) is 0 Å². The molecule has 31 heavy (non-hydrogen) atoms. The number of amidine groups is 1. The monoisotopic (exact) mass is 412 g/mol. The normalized spacial score (nSPS) is 17.2. The van der Waals surface area contributed by atoms with E-state index in [4.69, 9.17) is 0 Å². The number of benzene rings is 3. The molecule has 0 saturated carbocycles. The zero-order chi connectivity index (χ0) is 21.6. The third-order valence-electron chi connectivity index (χ3n) is 4.44. The summed E-state index contributed by atoms with van der Waals surface area (Å²) in [5.41, 5.74) is 5.66. The lowest BCUT2D eigenvalue weighted by molar-refractivity contribution is -0.118. The van der Waals surface area contributed by atoms with E-state index in [1.54, 1.807) is 24.3 Å². The topological polar surface area (TPSA) is 98.5 Å². The predicted molar refractivity (Wildman–Crippen MR) is 120 cm³/mol. The van der Waals surface area contributed by atoms with E-state index >= 15 is 0 Å². The van der Waals surface area contributed by atoms with Gasteiger partial charge in [-0.1, -0.05) is 36.4 Å². The van der Waals surface area contributed by atoms with Gasteiger partial charge in [-0.3, -0.25) is 15.0 Å². The van der Waals surface area contributed by atoms with Crippen molar-refractivity contribution in [2.75, 3.05) is 10.3 Å². The van der Waals surface area contributed by atoms with Crippen molar-refractivity contribution >= 4 is 40.4 Å². The summed E-state index contributed by atoms with van der Waals surface area (Å²) in [7, 11) is 0. The van der Waals surface area contributed by atoms with Crippen LogP contribution in [0.1, 0.15) is 6.92 Å². The molecule has 1 aliphatic heterocycles. The molecule has 2 N–H and O–H groups in total. The fourth-order valence-corrected chi connectivity index (χ4v) is 3.01. The van der Waals surface area contributed by atoms with Crippen molar-refractivity contribution in [3.05, 3.63) is 84.9 Å². The molecule has 1 unspecified atom stereocenters. The molecule has 0 radical (unpaired) electrons. The second kappa shape index (κ2) is 9.00. The zero-order valence-corrected chi connectivity index (χ0v) is 16.8. The Labute approximate surface area is 179 Å². The molecule has 154 valence electrons. The first kappa shape index (κ1) is 20.0. The summed E-state index contributed by atoms with van der Waals surface area (Å²) in [5, 5.41) is 12.6. The maximum atomic E-state index is 13.1. The second-order valence-corrected chi connectivity index (χ2v) is 6.80. The lowest BCUT2D eigenvalue weighted by Crippen LogP contribution is -2.35. The lowest BCUT2D eigenvalue weighted by atomic mass is 10.2. The maximum Gasteiger partial charge on any atom is 0.280 e. The molecule has 3 aromatic carbocycles. The van der Waals surface area contributed by atoms with Gasteiger partial charge in [-0.25, -0.2) is 10.0 Å². The summed E-state index contributed by atoms with van der Waals surface area (Å²) in [4.78, 5) is 28.8. The smallest absolute Gasteiger partial charge is 0.280 e. The van der Waals surface area contributed by atoms with Gasteiger partial charge in [0.2, 0.25) is 11.9 Å². The average molecular weight is 412 g/mol. The number of rotatable bonds is 5. The van der Waals surface area contributed by atoms with Gasteiger partial charge < -0.3 is 5.32 Å². The first-order valence-electron chi connectivity index (χ1n) is 9.68. The summed E-state index contributed by atoms with van der Waals surface area (Å²) in [6.07, 6.45) is 0. The molecule has 8 nitrogen and oxygen atoms in total. The van der Waals surface area contributed by atoms with Crippen LogP contribution >= 0.6 is 0 Å². The van der Waals surface area contributed by atoms with E-state index in [9.17, 15) is 9.59 Å². The quantitative estimate of drug-likeness (QED) is 0.609. The molecule has 0 bridgehead atoms. The Kier molecular flexibility index (Phi) is 5.79. The molecule has 0 spiro atoms. The van der Waals surface area contributed by atoms with Gasteiger partial charge in [-0.05, 0) is 48.5 Å². The summed E-state index contributed by atoms with van der Waals surface area (Å²) < 4.78 is 0. The van der Waals surface area contributed by atoms with Crippen molar-refractivity contribution in [2.24, 2.45) is 15.2 Å². The molecule has 1 atom stereocenters. The van der Waals surface area contributed by atoms with Crippen molar-refractivity contribution in [1.29, 1.82) is 0 Å². The molecule has 1 fully saturated rings. The predicted octanol–water partition coefficient (Wildman–Crippen LogP) is 4.38. The lowest BCUT2D eigenvalue weighted by Gasteiger charge is -2.15. The molecular formula is C23H20N6O2. The number of para-hydroxylation sites is 2. The summed E-state index contributed by atoms with van der Waals surface area (Å²) >= 11 is 0. The Morgan fingerprint density at radius 3 is 2.19 bits per heavy atom. The first-order valence-corrected chi connectivity index (χ1v) is 9.68. The number of amides is 2. The fourth-order valence-electron chi connectivity index (χ4n) is 3.01. The highest BCUT2D eigenvalue weighted by molar-refractivity contribution is 6.20. The molecule has 2 amide bonds. The van der Waals surface area contributed by atoms with Gasteiger partial charge in [0.25, 0.3) is 5.91 Å². The Hall–Kier alpha value is -4.33. The van der Waals surface area contributed by atoms with E-state index in [1.165, 1.54) is 11.9 Å². The average Bonchev–Trinajstić information content (AvgIpc) is 3.09. The highest BCUT2D eigenvalue weighted by Crippen LogP contribution is 2.23. The summed E-state index contributed by atoms with van der Waals surface area (Å²) in [5.74, 6) is -0.0436. The van der Waals surface area contributed by atoms with Gasteiger partial charge in [0.05, 0.1) is 17.1 Å². The van der Waals surface area contributed by atoms with Crippen molar-refractivity contribution in [3.8, 4) is 0 Å². The number of carbonyl (C=O) groups excluding carboxylic acids is 2. The molecule has 1 heterocycles. The van der Waals surface area contributed by atoms with Crippen molar-refractivity contribution in [1.82, 2.24) is 5.43 Å². The number of nitrogens with zero attached hydrogens (tertiary/aromatic N) is 4. The third kappa shape index (κ3) is 4.81. The van der Waals surface area contributed by atoms with Gasteiger partial charge in [0.15, 0.2) is 5.84 Å². The second-order valence-electron chi connectivity index (χ2n) is 6.80.